The molecule has 2 heterocycles. The zero-order valence-corrected chi connectivity index (χ0v) is 15.2. The van der Waals surface area contributed by atoms with Gasteiger partial charge in [0.2, 0.25) is 11.8 Å². The molecular weight excluding hydrogens is 346 g/mol. The molecule has 2 aromatic carbocycles. The largest absolute Gasteiger partial charge is 0.419 e. The van der Waals surface area contributed by atoms with E-state index in [4.69, 9.17) is 4.42 Å². The minimum absolute atomic E-state index is 0.0357. The van der Waals surface area contributed by atoms with Gasteiger partial charge in [-0.05, 0) is 19.1 Å². The Bertz CT molecular complexity index is 997. The van der Waals surface area contributed by atoms with Gasteiger partial charge in [-0.25, -0.2) is 0 Å². The lowest BCUT2D eigenvalue weighted by atomic mass is 10.2. The van der Waals surface area contributed by atoms with Crippen molar-refractivity contribution in [3.63, 3.8) is 0 Å². The topological polar surface area (TPSA) is 69.6 Å². The quantitative estimate of drug-likeness (QED) is 0.490. The number of rotatable bonds is 5. The van der Waals surface area contributed by atoms with Crippen LogP contribution in [0, 0.1) is 0 Å². The number of hydrogen-bond donors (Lipinski definition) is 0. The smallest absolute Gasteiger partial charge is 0.247 e. The van der Waals surface area contributed by atoms with Gasteiger partial charge in [0, 0.05) is 18.2 Å². The van der Waals surface area contributed by atoms with Crippen molar-refractivity contribution in [2.45, 2.75) is 17.3 Å². The van der Waals surface area contributed by atoms with Crippen molar-refractivity contribution in [2.75, 3.05) is 0 Å². The van der Waals surface area contributed by atoms with Gasteiger partial charge in [0.15, 0.2) is 11.0 Å². The van der Waals surface area contributed by atoms with E-state index in [-0.39, 0.29) is 5.25 Å². The van der Waals surface area contributed by atoms with Gasteiger partial charge in [-0.2, -0.15) is 0 Å². The van der Waals surface area contributed by atoms with Gasteiger partial charge in [-0.3, -0.25) is 0 Å². The molecule has 6 nitrogen and oxygen atoms in total. The second-order valence-corrected chi connectivity index (χ2v) is 7.11. The Labute approximate surface area is 155 Å². The summed E-state index contributed by atoms with van der Waals surface area (Å²) >= 11 is 1.54. The summed E-state index contributed by atoms with van der Waals surface area (Å²) in [6.07, 6.45) is 0. The molecule has 0 saturated heterocycles. The first-order valence-corrected chi connectivity index (χ1v) is 9.10. The molecule has 0 saturated carbocycles. The average molecular weight is 363 g/mol. The Balaban J connectivity index is 1.53. The first kappa shape index (κ1) is 16.5. The summed E-state index contributed by atoms with van der Waals surface area (Å²) in [6.45, 7) is 2.02. The van der Waals surface area contributed by atoms with Gasteiger partial charge in [0.1, 0.15) is 0 Å². The van der Waals surface area contributed by atoms with Crippen LogP contribution in [0.5, 0.6) is 0 Å². The maximum Gasteiger partial charge on any atom is 0.247 e. The van der Waals surface area contributed by atoms with Gasteiger partial charge in [-0.1, -0.05) is 60.3 Å². The van der Waals surface area contributed by atoms with Crippen LogP contribution in [0.25, 0.3) is 22.8 Å². The Hall–Kier alpha value is -2.93. The average Bonchev–Trinajstić information content (AvgIpc) is 3.31. The van der Waals surface area contributed by atoms with Crippen molar-refractivity contribution in [1.82, 2.24) is 25.0 Å². The van der Waals surface area contributed by atoms with Crippen LogP contribution >= 0.6 is 11.8 Å². The van der Waals surface area contributed by atoms with Crippen molar-refractivity contribution < 1.29 is 4.42 Å². The van der Waals surface area contributed by atoms with Crippen LogP contribution < -0.4 is 0 Å². The van der Waals surface area contributed by atoms with E-state index in [1.807, 2.05) is 79.2 Å². The van der Waals surface area contributed by atoms with Gasteiger partial charge in [0.25, 0.3) is 0 Å². The molecule has 26 heavy (non-hydrogen) atoms. The van der Waals surface area contributed by atoms with Gasteiger partial charge in [-0.15, -0.1) is 20.4 Å². The second-order valence-electron chi connectivity index (χ2n) is 5.80. The summed E-state index contributed by atoms with van der Waals surface area (Å²) in [7, 11) is 1.96. The lowest BCUT2D eigenvalue weighted by Gasteiger charge is -2.07. The third kappa shape index (κ3) is 3.25. The first-order chi connectivity index (χ1) is 12.7. The molecule has 4 aromatic rings. The van der Waals surface area contributed by atoms with Crippen LogP contribution in [0.2, 0.25) is 0 Å². The van der Waals surface area contributed by atoms with Gasteiger partial charge >= 0.3 is 0 Å². The zero-order valence-electron chi connectivity index (χ0n) is 14.4. The molecular formula is C19H17N5OS. The molecule has 2 aromatic heterocycles. The molecule has 0 aliphatic rings. The molecule has 4 rings (SSSR count). The Kier molecular flexibility index (Phi) is 4.53. The fourth-order valence-electron chi connectivity index (χ4n) is 2.56. The SMILES string of the molecule is C[C@H](Sc1nnc(-c2ccccc2)n1C)c1nnc(-c2ccccc2)o1. The molecule has 1 atom stereocenters. The number of benzene rings is 2. The third-order valence-electron chi connectivity index (χ3n) is 3.96. The van der Waals surface area contributed by atoms with Crippen molar-refractivity contribution in [3.8, 4) is 22.8 Å². The number of hydrogen-bond acceptors (Lipinski definition) is 6. The summed E-state index contributed by atoms with van der Waals surface area (Å²) in [5.41, 5.74) is 1.94. The number of aromatic nitrogens is 5. The highest BCUT2D eigenvalue weighted by Crippen LogP contribution is 2.35. The van der Waals surface area contributed by atoms with Crippen LogP contribution in [0.3, 0.4) is 0 Å². The maximum absolute atomic E-state index is 5.83. The van der Waals surface area contributed by atoms with Crippen molar-refractivity contribution >= 4 is 11.8 Å². The Morgan fingerprint density at radius 2 is 1.50 bits per heavy atom. The maximum atomic E-state index is 5.83. The number of nitrogens with zero attached hydrogens (tertiary/aromatic N) is 5. The van der Waals surface area contributed by atoms with Crippen molar-refractivity contribution in [2.24, 2.45) is 7.05 Å². The summed E-state index contributed by atoms with van der Waals surface area (Å²) in [5, 5.41) is 17.7. The van der Waals surface area contributed by atoms with E-state index in [1.165, 1.54) is 0 Å². The van der Waals surface area contributed by atoms with Crippen LogP contribution in [-0.2, 0) is 7.05 Å². The summed E-state index contributed by atoms with van der Waals surface area (Å²) in [6, 6.07) is 19.7. The zero-order chi connectivity index (χ0) is 17.9. The molecule has 0 aliphatic heterocycles. The lowest BCUT2D eigenvalue weighted by molar-refractivity contribution is 0.508. The van der Waals surface area contributed by atoms with Crippen LogP contribution in [-0.4, -0.2) is 25.0 Å². The van der Waals surface area contributed by atoms with Gasteiger partial charge in [0.05, 0.1) is 5.25 Å². The van der Waals surface area contributed by atoms with E-state index >= 15 is 0 Å². The molecule has 0 amide bonds. The molecule has 0 fully saturated rings. The molecule has 130 valence electrons. The van der Waals surface area contributed by atoms with Gasteiger partial charge < -0.3 is 8.98 Å². The van der Waals surface area contributed by atoms with E-state index in [2.05, 4.69) is 20.4 Å². The number of thioether (sulfide) groups is 1. The van der Waals surface area contributed by atoms with Crippen molar-refractivity contribution in [3.05, 3.63) is 66.6 Å². The third-order valence-corrected chi connectivity index (χ3v) is 5.08. The predicted octanol–water partition coefficient (Wildman–Crippen LogP) is 4.39. The molecule has 0 radical (unpaired) electrons. The summed E-state index contributed by atoms with van der Waals surface area (Å²) in [4.78, 5) is 0. The van der Waals surface area contributed by atoms with Crippen LogP contribution in [0.15, 0.2) is 70.2 Å². The summed E-state index contributed by atoms with van der Waals surface area (Å²) in [5.74, 6) is 1.92. The predicted molar refractivity (Wildman–Crippen MR) is 100 cm³/mol. The highest BCUT2D eigenvalue weighted by molar-refractivity contribution is 7.99. The minimum Gasteiger partial charge on any atom is -0.419 e. The highest BCUT2D eigenvalue weighted by atomic mass is 32.2. The fourth-order valence-corrected chi connectivity index (χ4v) is 3.41. The molecule has 0 bridgehead atoms. The molecule has 7 heteroatoms. The lowest BCUT2D eigenvalue weighted by Crippen LogP contribution is -1.97. The Morgan fingerprint density at radius 3 is 2.19 bits per heavy atom. The molecule has 0 unspecified atom stereocenters. The molecule has 0 aliphatic carbocycles. The van der Waals surface area contributed by atoms with E-state index in [0.29, 0.717) is 11.8 Å². The normalized spacial score (nSPS) is 12.2. The first-order valence-electron chi connectivity index (χ1n) is 8.22. The van der Waals surface area contributed by atoms with Crippen LogP contribution in [0.1, 0.15) is 18.1 Å². The van der Waals surface area contributed by atoms with E-state index in [9.17, 15) is 0 Å². The fraction of sp³-hybridized carbons (Fsp3) is 0.158. The van der Waals surface area contributed by atoms with E-state index in [0.717, 1.165) is 22.1 Å². The molecule has 0 spiro atoms. The highest BCUT2D eigenvalue weighted by Gasteiger charge is 2.20. The second kappa shape index (κ2) is 7.13. The van der Waals surface area contributed by atoms with E-state index < -0.39 is 0 Å². The Morgan fingerprint density at radius 1 is 0.846 bits per heavy atom. The monoisotopic (exact) mass is 363 g/mol. The molecule has 0 N–H and O–H groups in total. The van der Waals surface area contributed by atoms with Crippen molar-refractivity contribution in [1.29, 1.82) is 0 Å². The minimum atomic E-state index is -0.0357. The standard InChI is InChI=1S/C19H17N5OS/c1-13(17-21-22-18(25-17)15-11-7-4-8-12-15)26-19-23-20-16(24(19)2)14-9-5-3-6-10-14/h3-13H,1-2H3/t13-/m0/s1. The summed E-state index contributed by atoms with van der Waals surface area (Å²) < 4.78 is 7.81. The van der Waals surface area contributed by atoms with E-state index in [1.54, 1.807) is 11.8 Å². The van der Waals surface area contributed by atoms with Crippen LogP contribution in [0.4, 0.5) is 0 Å².